The first-order chi connectivity index (χ1) is 47.4. The maximum atomic E-state index is 14.6. The molecule has 530 valence electrons. The number of rotatable bonds is 34. The van der Waals surface area contributed by atoms with Crippen molar-refractivity contribution >= 4 is 116 Å². The van der Waals surface area contributed by atoms with Crippen LogP contribution >= 0.6 is 23.4 Å². The Balaban J connectivity index is 0.854. The lowest BCUT2D eigenvalue weighted by Crippen LogP contribution is -2.46. The zero-order chi connectivity index (χ0) is 71.4. The van der Waals surface area contributed by atoms with Crippen LogP contribution in [0, 0.1) is 18.8 Å². The predicted molar refractivity (Wildman–Crippen MR) is 370 cm³/mol. The van der Waals surface area contributed by atoms with Crippen LogP contribution in [0.15, 0.2) is 97.3 Å². The minimum atomic E-state index is -1.04. The van der Waals surface area contributed by atoms with E-state index in [9.17, 15) is 58.2 Å². The van der Waals surface area contributed by atoms with E-state index in [0.717, 1.165) is 16.5 Å². The molecule has 0 bridgehead atoms. The first kappa shape index (κ1) is 75.2. The largest absolute Gasteiger partial charge is 0.508 e. The average Bonchev–Trinajstić information content (AvgIpc) is 1.59. The molecule has 0 aliphatic carbocycles. The second kappa shape index (κ2) is 35.8. The summed E-state index contributed by atoms with van der Waals surface area (Å²) >= 11 is 8.09. The van der Waals surface area contributed by atoms with Gasteiger partial charge in [0.05, 0.1) is 62.2 Å². The highest BCUT2D eigenvalue weighted by molar-refractivity contribution is 8.01. The number of phenolic OH excluding ortho intramolecular Hbond substituents is 1. The number of aryl methyl sites for hydroxylation is 1. The molecule has 8 rings (SSSR count). The lowest BCUT2D eigenvalue weighted by atomic mass is 9.89. The molecule has 4 atom stereocenters. The van der Waals surface area contributed by atoms with Crippen molar-refractivity contribution in [1.29, 1.82) is 0 Å². The molecule has 1 fully saturated rings. The topological polar surface area (TPSA) is 362 Å². The number of Topliss-reactive ketones (excluding diaryl/α,β-unsaturated/α-hetero) is 1. The summed E-state index contributed by atoms with van der Waals surface area (Å²) < 4.78 is 29.8. The number of benzene rings is 4. The third-order valence-corrected chi connectivity index (χ3v) is 18.0. The number of ether oxygens (including phenoxy) is 5. The number of carbonyl (C=O) groups is 10. The quantitative estimate of drug-likeness (QED) is 0.0115. The van der Waals surface area contributed by atoms with Gasteiger partial charge in [-0.15, -0.1) is 23.4 Å². The van der Waals surface area contributed by atoms with E-state index in [1.807, 2.05) is 39.0 Å². The number of aliphatic hydroxyl groups is 1. The van der Waals surface area contributed by atoms with E-state index in [1.54, 1.807) is 78.0 Å². The molecule has 8 N–H and O–H groups in total. The first-order valence-electron chi connectivity index (χ1n) is 32.5. The van der Waals surface area contributed by atoms with Gasteiger partial charge in [0.1, 0.15) is 36.1 Å². The number of imide groups is 1. The number of likely N-dealkylation sites (N-methyl/N-ethyl adjacent to an activating group) is 1. The van der Waals surface area contributed by atoms with Gasteiger partial charge in [0.25, 0.3) is 11.8 Å². The standard InChI is InChI=1S/C69H84ClN11O17S/c1-41(2)61(76-67(91)96-32-31-95-29-26-80-58(85)35-56(65(80)89)99-42(3)4)54(84)33-46(10-8-22-72-66(71)90)63(87)73-48-16-12-44(13-17-48)40-97-68(92)77(6)23-24-78(25-28-94-30-27-82)69(93)98-55-34-53-60(59-43(5)9-7-11-51(55)59)47(36-70)37-81(53)64(88)52-39-79-38-49(18-21-57(79)75-52)74-62(86)45-14-19-50(83)20-15-45/h7,9,11-21,34,38-39,41-42,46-47,56,61,82-83H,8,10,22-33,35-37,40H2,1-6H3,(H,73,87)(H,74,86)(H,76,91)(H3,71,72,90)/t46-,47-,56?,61+/m1/s1. The van der Waals surface area contributed by atoms with Gasteiger partial charge in [-0.3, -0.25) is 33.7 Å². The number of thioether (sulfide) groups is 1. The predicted octanol–water partition coefficient (Wildman–Crippen LogP) is 7.81. The Morgan fingerprint density at radius 3 is 2.28 bits per heavy atom. The molecule has 4 heterocycles. The van der Waals surface area contributed by atoms with Gasteiger partial charge < -0.3 is 80.0 Å². The Kier molecular flexibility index (Phi) is 27.2. The number of phenols is 1. The Morgan fingerprint density at radius 1 is 0.838 bits per heavy atom. The number of aliphatic hydroxyl groups excluding tert-OH is 1. The van der Waals surface area contributed by atoms with Crippen LogP contribution in [-0.2, 0) is 44.7 Å². The van der Waals surface area contributed by atoms with Crippen LogP contribution in [0.3, 0.4) is 0 Å². The molecule has 10 amide bonds. The second-order valence-electron chi connectivity index (χ2n) is 24.4. The van der Waals surface area contributed by atoms with Crippen molar-refractivity contribution in [3.8, 4) is 11.5 Å². The number of pyridine rings is 1. The number of nitrogens with two attached hydrogens (primary N) is 1. The monoisotopic (exact) mass is 1410 g/mol. The molecular formula is C69H84ClN11O17S. The zero-order valence-corrected chi connectivity index (χ0v) is 57.6. The molecular weight excluding hydrogens is 1320 g/mol. The molecule has 0 spiro atoms. The van der Waals surface area contributed by atoms with Crippen molar-refractivity contribution in [1.82, 2.24) is 34.7 Å². The van der Waals surface area contributed by atoms with Crippen molar-refractivity contribution in [2.75, 3.05) is 107 Å². The summed E-state index contributed by atoms with van der Waals surface area (Å²) in [6.07, 6.45) is 1.05. The normalized spacial score (nSPS) is 14.8. The number of primary amides is 1. The Bertz CT molecular complexity index is 3890. The van der Waals surface area contributed by atoms with E-state index in [-0.39, 0.29) is 157 Å². The van der Waals surface area contributed by atoms with Gasteiger partial charge in [-0.2, -0.15) is 0 Å². The first-order valence-corrected chi connectivity index (χ1v) is 33.9. The Morgan fingerprint density at radius 2 is 1.58 bits per heavy atom. The van der Waals surface area contributed by atoms with Gasteiger partial charge in [-0.25, -0.2) is 24.2 Å². The Labute approximate surface area is 581 Å². The number of ketones is 1. The molecule has 6 aromatic rings. The molecule has 0 saturated carbocycles. The molecule has 2 aromatic heterocycles. The number of hydrogen-bond donors (Lipinski definition) is 7. The van der Waals surface area contributed by atoms with Crippen molar-refractivity contribution in [3.63, 3.8) is 0 Å². The van der Waals surface area contributed by atoms with E-state index >= 15 is 0 Å². The number of fused-ring (bicyclic) bond motifs is 4. The summed E-state index contributed by atoms with van der Waals surface area (Å²) in [7, 11) is 1.49. The molecule has 4 aromatic carbocycles. The highest BCUT2D eigenvalue weighted by Crippen LogP contribution is 2.47. The number of aromatic hydroxyl groups is 1. The summed E-state index contributed by atoms with van der Waals surface area (Å²) in [6.45, 7) is 8.95. The molecule has 2 aliphatic rings. The summed E-state index contributed by atoms with van der Waals surface area (Å²) in [4.78, 5) is 143. The minimum absolute atomic E-state index is 0.00293. The molecule has 30 heteroatoms. The molecule has 99 heavy (non-hydrogen) atoms. The van der Waals surface area contributed by atoms with E-state index in [4.69, 9.17) is 41.0 Å². The van der Waals surface area contributed by atoms with Crippen molar-refractivity contribution in [3.05, 3.63) is 125 Å². The van der Waals surface area contributed by atoms with E-state index in [2.05, 4.69) is 26.3 Å². The fraction of sp³-hybridized carbons (Fsp3) is 0.435. The molecule has 1 saturated heterocycles. The summed E-state index contributed by atoms with van der Waals surface area (Å²) in [5.41, 5.74) is 9.55. The highest BCUT2D eigenvalue weighted by atomic mass is 35.5. The van der Waals surface area contributed by atoms with Gasteiger partial charge in [0.2, 0.25) is 17.7 Å². The van der Waals surface area contributed by atoms with Crippen LogP contribution in [0.5, 0.6) is 11.5 Å². The number of aromatic nitrogens is 2. The molecule has 1 unspecified atom stereocenters. The number of anilines is 3. The number of nitrogens with one attached hydrogen (secondary N) is 4. The van der Waals surface area contributed by atoms with Crippen LogP contribution < -0.4 is 36.6 Å². The van der Waals surface area contributed by atoms with Crippen LogP contribution in [0.2, 0.25) is 0 Å². The number of imidazole rings is 1. The summed E-state index contributed by atoms with van der Waals surface area (Å²) in [5.74, 6) is -3.65. The number of alkyl carbamates (subject to hydrolysis) is 1. The number of alkyl halides is 1. The Hall–Kier alpha value is -9.55. The summed E-state index contributed by atoms with van der Waals surface area (Å²) in [5, 5.41) is 30.9. The van der Waals surface area contributed by atoms with Crippen LogP contribution in [-0.4, -0.2) is 202 Å². The third kappa shape index (κ3) is 20.5. The number of carbonyl (C=O) groups excluding carboxylic acids is 10. The molecule has 2 aliphatic heterocycles. The smallest absolute Gasteiger partial charge is 0.415 e. The van der Waals surface area contributed by atoms with Crippen molar-refractivity contribution in [2.24, 2.45) is 17.6 Å². The second-order valence-corrected chi connectivity index (χ2v) is 26.5. The number of halogens is 1. The van der Waals surface area contributed by atoms with Gasteiger partial charge >= 0.3 is 24.3 Å². The zero-order valence-electron chi connectivity index (χ0n) is 56.0. The number of nitrogens with zero attached hydrogens (tertiary/aromatic N) is 6. The number of urea groups is 1. The van der Waals surface area contributed by atoms with Gasteiger partial charge in [0, 0.05) is 105 Å². The van der Waals surface area contributed by atoms with Crippen LogP contribution in [0.1, 0.15) is 96.8 Å². The highest BCUT2D eigenvalue weighted by Gasteiger charge is 2.40. The molecule has 28 nitrogen and oxygen atoms in total. The van der Waals surface area contributed by atoms with E-state index in [0.29, 0.717) is 39.2 Å². The van der Waals surface area contributed by atoms with Crippen molar-refractivity contribution < 1.29 is 81.8 Å². The lowest BCUT2D eigenvalue weighted by molar-refractivity contribution is -0.139. The number of amides is 10. The molecule has 0 radical (unpaired) electrons. The fourth-order valence-electron chi connectivity index (χ4n) is 11.4. The van der Waals surface area contributed by atoms with E-state index in [1.165, 1.54) is 57.8 Å². The lowest BCUT2D eigenvalue weighted by Gasteiger charge is -2.26. The van der Waals surface area contributed by atoms with Crippen molar-refractivity contribution in [2.45, 2.75) is 89.4 Å². The van der Waals surface area contributed by atoms with Crippen LogP contribution in [0.25, 0.3) is 16.4 Å². The van der Waals surface area contributed by atoms with E-state index < -0.39 is 70.9 Å². The number of likely N-dealkylation sites (tertiary alicyclic amines) is 1. The average molecular weight is 1410 g/mol. The maximum Gasteiger partial charge on any atom is 0.415 e. The van der Waals surface area contributed by atoms with Crippen LogP contribution in [0.4, 0.5) is 36.2 Å². The number of hydrogen-bond acceptors (Lipinski definition) is 19. The van der Waals surface area contributed by atoms with Gasteiger partial charge in [-0.05, 0) is 102 Å². The van der Waals surface area contributed by atoms with Gasteiger partial charge in [0.15, 0.2) is 5.78 Å². The SMILES string of the molecule is Cc1cccc2c(OC(=O)N(CCOCCO)CCN(C)C(=O)OCc3ccc(NC(=O)[C@H](CCCNC(N)=O)CC(=O)[C@@H](NC(=O)OCCOCCN4C(=O)CC(SC(C)C)C4=O)C(C)C)cc3)cc3c(c12)[C@H](CCl)CN3C(=O)c1cn2cc(NC(=O)c3ccc(O)cc3)ccc2n1. The summed E-state index contributed by atoms with van der Waals surface area (Å²) in [6, 6.07) is 20.9. The maximum absolute atomic E-state index is 14.6. The third-order valence-electron chi connectivity index (χ3n) is 16.4. The fourth-order valence-corrected chi connectivity index (χ4v) is 12.8. The minimum Gasteiger partial charge on any atom is -0.508 e. The van der Waals surface area contributed by atoms with Gasteiger partial charge in [-0.1, -0.05) is 58.0 Å².